The molecule has 3 heteroatoms. The molecule has 0 amide bonds. The summed E-state index contributed by atoms with van der Waals surface area (Å²) in [6, 6.07) is 12.0. The van der Waals surface area contributed by atoms with Gasteiger partial charge < -0.3 is 10.3 Å². The van der Waals surface area contributed by atoms with Crippen LogP contribution in [-0.2, 0) is 6.42 Å². The predicted octanol–water partition coefficient (Wildman–Crippen LogP) is 3.10. The van der Waals surface area contributed by atoms with Crippen LogP contribution in [0.15, 0.2) is 47.4 Å². The first kappa shape index (κ1) is 15.3. The first-order chi connectivity index (χ1) is 10.1. The zero-order valence-corrected chi connectivity index (χ0v) is 12.6. The minimum Gasteiger partial charge on any atom is -0.328 e. The summed E-state index contributed by atoms with van der Waals surface area (Å²) < 4.78 is 1.66. The van der Waals surface area contributed by atoms with Crippen molar-refractivity contribution < 1.29 is 0 Å². The van der Waals surface area contributed by atoms with Crippen molar-refractivity contribution in [2.24, 2.45) is 5.73 Å². The van der Waals surface area contributed by atoms with E-state index < -0.39 is 0 Å². The standard InChI is InChI=1S/C18H22N2O/c1-3-15-4-6-16(7-5-15)8-9-17-10-11-20(14(2)13-19)18(21)12-17/h4-12,14H,3,13,19H2,1-2H3/b9-8+. The molecule has 0 bridgehead atoms. The molecule has 1 unspecified atom stereocenters. The van der Waals surface area contributed by atoms with Gasteiger partial charge in [0, 0.05) is 24.8 Å². The van der Waals surface area contributed by atoms with Crippen molar-refractivity contribution in [3.8, 4) is 0 Å². The Balaban J connectivity index is 2.17. The van der Waals surface area contributed by atoms with Crippen LogP contribution < -0.4 is 11.3 Å². The van der Waals surface area contributed by atoms with E-state index in [1.807, 2.05) is 25.1 Å². The molecular weight excluding hydrogens is 260 g/mol. The van der Waals surface area contributed by atoms with Gasteiger partial charge in [-0.05, 0) is 36.1 Å². The topological polar surface area (TPSA) is 48.0 Å². The number of nitrogens with zero attached hydrogens (tertiary/aromatic N) is 1. The van der Waals surface area contributed by atoms with Gasteiger partial charge in [-0.15, -0.1) is 0 Å². The van der Waals surface area contributed by atoms with E-state index in [1.165, 1.54) is 5.56 Å². The molecule has 0 radical (unpaired) electrons. The zero-order valence-electron chi connectivity index (χ0n) is 12.6. The third kappa shape index (κ3) is 3.92. The van der Waals surface area contributed by atoms with Crippen LogP contribution in [-0.4, -0.2) is 11.1 Å². The summed E-state index contributed by atoms with van der Waals surface area (Å²) in [6.07, 6.45) is 6.83. The Bertz CT molecular complexity index is 668. The maximum absolute atomic E-state index is 12.0. The molecule has 21 heavy (non-hydrogen) atoms. The highest BCUT2D eigenvalue weighted by Gasteiger charge is 2.03. The molecule has 0 spiro atoms. The molecule has 2 aromatic rings. The van der Waals surface area contributed by atoms with E-state index in [1.54, 1.807) is 16.8 Å². The van der Waals surface area contributed by atoms with Crippen molar-refractivity contribution in [1.29, 1.82) is 0 Å². The van der Waals surface area contributed by atoms with Gasteiger partial charge >= 0.3 is 0 Å². The number of aromatic nitrogens is 1. The van der Waals surface area contributed by atoms with Crippen molar-refractivity contribution in [3.63, 3.8) is 0 Å². The summed E-state index contributed by atoms with van der Waals surface area (Å²) in [5.74, 6) is 0. The molecule has 0 aliphatic heterocycles. The lowest BCUT2D eigenvalue weighted by molar-refractivity contribution is 0.540. The molecule has 3 nitrogen and oxygen atoms in total. The number of aryl methyl sites for hydroxylation is 1. The number of nitrogens with two attached hydrogens (primary N) is 1. The van der Waals surface area contributed by atoms with Crippen molar-refractivity contribution >= 4 is 12.2 Å². The van der Waals surface area contributed by atoms with Gasteiger partial charge in [0.2, 0.25) is 0 Å². The van der Waals surface area contributed by atoms with Gasteiger partial charge in [-0.2, -0.15) is 0 Å². The van der Waals surface area contributed by atoms with Crippen LogP contribution in [0.1, 0.15) is 36.6 Å². The largest absolute Gasteiger partial charge is 0.328 e. The lowest BCUT2D eigenvalue weighted by atomic mass is 10.1. The lowest BCUT2D eigenvalue weighted by Gasteiger charge is -2.12. The van der Waals surface area contributed by atoms with E-state index in [0.717, 1.165) is 17.5 Å². The minimum atomic E-state index is -0.0172. The maximum Gasteiger partial charge on any atom is 0.251 e. The molecule has 0 saturated heterocycles. The van der Waals surface area contributed by atoms with Crippen molar-refractivity contribution in [1.82, 2.24) is 4.57 Å². The fourth-order valence-corrected chi connectivity index (χ4v) is 2.14. The molecule has 1 heterocycles. The van der Waals surface area contributed by atoms with Gasteiger partial charge in [0.1, 0.15) is 0 Å². The van der Waals surface area contributed by atoms with Crippen LogP contribution in [0.3, 0.4) is 0 Å². The molecule has 0 saturated carbocycles. The van der Waals surface area contributed by atoms with Gasteiger partial charge in [0.15, 0.2) is 0 Å². The minimum absolute atomic E-state index is 0.0172. The molecular formula is C18H22N2O. The van der Waals surface area contributed by atoms with Crippen LogP contribution in [0.4, 0.5) is 0 Å². The van der Waals surface area contributed by atoms with Gasteiger partial charge in [-0.1, -0.05) is 43.3 Å². The molecule has 1 aromatic heterocycles. The van der Waals surface area contributed by atoms with Crippen molar-refractivity contribution in [2.75, 3.05) is 6.54 Å². The van der Waals surface area contributed by atoms with E-state index in [4.69, 9.17) is 5.73 Å². The van der Waals surface area contributed by atoms with Gasteiger partial charge in [0.05, 0.1) is 0 Å². The zero-order chi connectivity index (χ0) is 15.2. The Labute approximate surface area is 125 Å². The lowest BCUT2D eigenvalue weighted by Crippen LogP contribution is -2.26. The van der Waals surface area contributed by atoms with Crippen LogP contribution in [0, 0.1) is 0 Å². The number of hydrogen-bond donors (Lipinski definition) is 1. The highest BCUT2D eigenvalue weighted by molar-refractivity contribution is 5.69. The van der Waals surface area contributed by atoms with E-state index >= 15 is 0 Å². The molecule has 0 fully saturated rings. The Morgan fingerprint density at radius 2 is 1.81 bits per heavy atom. The molecule has 2 N–H and O–H groups in total. The summed E-state index contributed by atoms with van der Waals surface area (Å²) in [4.78, 5) is 12.0. The fraction of sp³-hybridized carbons (Fsp3) is 0.278. The van der Waals surface area contributed by atoms with E-state index in [-0.39, 0.29) is 11.6 Å². The summed E-state index contributed by atoms with van der Waals surface area (Å²) >= 11 is 0. The van der Waals surface area contributed by atoms with Crippen molar-refractivity contribution in [2.45, 2.75) is 26.3 Å². The summed E-state index contributed by atoms with van der Waals surface area (Å²) in [5.41, 5.74) is 8.94. The smallest absolute Gasteiger partial charge is 0.251 e. The van der Waals surface area contributed by atoms with E-state index in [0.29, 0.717) is 6.54 Å². The van der Waals surface area contributed by atoms with Crippen LogP contribution in [0.25, 0.3) is 12.2 Å². The first-order valence-electron chi connectivity index (χ1n) is 7.33. The molecule has 2 rings (SSSR count). The SMILES string of the molecule is CCc1ccc(/C=C/c2ccn(C(C)CN)c(=O)c2)cc1. The Hall–Kier alpha value is -2.13. The van der Waals surface area contributed by atoms with Crippen LogP contribution in [0.5, 0.6) is 0 Å². The summed E-state index contributed by atoms with van der Waals surface area (Å²) in [5, 5.41) is 0. The quantitative estimate of drug-likeness (QED) is 0.916. The second kappa shape index (κ2) is 7.04. The number of benzene rings is 1. The van der Waals surface area contributed by atoms with Gasteiger partial charge in [0.25, 0.3) is 5.56 Å². The average molecular weight is 282 g/mol. The van der Waals surface area contributed by atoms with Crippen molar-refractivity contribution in [3.05, 3.63) is 69.6 Å². The number of hydrogen-bond acceptors (Lipinski definition) is 2. The molecule has 1 atom stereocenters. The van der Waals surface area contributed by atoms with E-state index in [9.17, 15) is 4.79 Å². The number of pyridine rings is 1. The number of rotatable bonds is 5. The second-order valence-electron chi connectivity index (χ2n) is 5.22. The van der Waals surface area contributed by atoms with Gasteiger partial charge in [-0.25, -0.2) is 0 Å². The fourth-order valence-electron chi connectivity index (χ4n) is 2.14. The normalized spacial score (nSPS) is 12.7. The van der Waals surface area contributed by atoms with Crippen LogP contribution in [0.2, 0.25) is 0 Å². The Kier molecular flexibility index (Phi) is 5.12. The molecule has 0 aliphatic rings. The third-order valence-corrected chi connectivity index (χ3v) is 3.64. The van der Waals surface area contributed by atoms with Gasteiger partial charge in [-0.3, -0.25) is 4.79 Å². The first-order valence-corrected chi connectivity index (χ1v) is 7.33. The second-order valence-corrected chi connectivity index (χ2v) is 5.22. The highest BCUT2D eigenvalue weighted by Crippen LogP contribution is 2.10. The summed E-state index contributed by atoms with van der Waals surface area (Å²) in [7, 11) is 0. The molecule has 0 aliphatic carbocycles. The Morgan fingerprint density at radius 3 is 2.38 bits per heavy atom. The highest BCUT2D eigenvalue weighted by atomic mass is 16.1. The van der Waals surface area contributed by atoms with E-state index in [2.05, 4.69) is 31.2 Å². The monoisotopic (exact) mass is 282 g/mol. The van der Waals surface area contributed by atoms with Crippen LogP contribution >= 0.6 is 0 Å². The predicted molar refractivity (Wildman–Crippen MR) is 89.2 cm³/mol. The third-order valence-electron chi connectivity index (χ3n) is 3.64. The summed E-state index contributed by atoms with van der Waals surface area (Å²) in [6.45, 7) is 4.53. The Morgan fingerprint density at radius 1 is 1.14 bits per heavy atom. The average Bonchev–Trinajstić information content (AvgIpc) is 2.52. The maximum atomic E-state index is 12.0. The molecule has 1 aromatic carbocycles. The molecule has 110 valence electrons.